The zero-order valence-electron chi connectivity index (χ0n) is 15.0. The molecule has 4 nitrogen and oxygen atoms in total. The smallest absolute Gasteiger partial charge is 0.103 e. The van der Waals surface area contributed by atoms with Crippen molar-refractivity contribution >= 4 is 0 Å². The molecule has 1 rings (SSSR count). The first kappa shape index (κ1) is 20.9. The lowest BCUT2D eigenvalue weighted by Crippen LogP contribution is -2.32. The maximum absolute atomic E-state index is 10.2. The van der Waals surface area contributed by atoms with Gasteiger partial charge < -0.3 is 20.1 Å². The molecule has 0 bridgehead atoms. The SMILES string of the molecule is CCCCCCCCCCCC[C@H](O)[C@H]1CC[C@@H]([C@H](O)CO)O1. The van der Waals surface area contributed by atoms with Crippen molar-refractivity contribution in [1.82, 2.24) is 0 Å². The number of unbranched alkanes of at least 4 members (excludes halogenated alkanes) is 9. The molecular formula is C19H38O4. The molecule has 4 atom stereocenters. The highest BCUT2D eigenvalue weighted by atomic mass is 16.5. The topological polar surface area (TPSA) is 69.9 Å². The van der Waals surface area contributed by atoms with Crippen LogP contribution in [0, 0.1) is 0 Å². The van der Waals surface area contributed by atoms with Crippen LogP contribution >= 0.6 is 0 Å². The largest absolute Gasteiger partial charge is 0.394 e. The molecule has 138 valence electrons. The van der Waals surface area contributed by atoms with E-state index in [9.17, 15) is 10.2 Å². The minimum Gasteiger partial charge on any atom is -0.394 e. The number of rotatable bonds is 14. The summed E-state index contributed by atoms with van der Waals surface area (Å²) < 4.78 is 5.66. The second-order valence-corrected chi connectivity index (χ2v) is 7.08. The van der Waals surface area contributed by atoms with Crippen molar-refractivity contribution in [3.05, 3.63) is 0 Å². The van der Waals surface area contributed by atoms with Gasteiger partial charge in [-0.15, -0.1) is 0 Å². The Kier molecular flexibility index (Phi) is 12.0. The number of aliphatic hydroxyl groups excluding tert-OH is 3. The van der Waals surface area contributed by atoms with Crippen LogP contribution in [0.1, 0.15) is 90.4 Å². The van der Waals surface area contributed by atoms with Gasteiger partial charge in [-0.1, -0.05) is 71.1 Å². The van der Waals surface area contributed by atoms with Gasteiger partial charge in [0.25, 0.3) is 0 Å². The van der Waals surface area contributed by atoms with E-state index in [0.717, 1.165) is 25.7 Å². The van der Waals surface area contributed by atoms with Gasteiger partial charge in [-0.25, -0.2) is 0 Å². The average Bonchev–Trinajstić information content (AvgIpc) is 3.05. The molecule has 0 aromatic carbocycles. The predicted octanol–water partition coefficient (Wildman–Crippen LogP) is 3.56. The van der Waals surface area contributed by atoms with Gasteiger partial charge in [0.15, 0.2) is 0 Å². The molecule has 0 unspecified atom stereocenters. The molecule has 1 fully saturated rings. The van der Waals surface area contributed by atoms with Crippen molar-refractivity contribution < 1.29 is 20.1 Å². The Morgan fingerprint density at radius 2 is 1.26 bits per heavy atom. The first-order chi connectivity index (χ1) is 11.2. The summed E-state index contributed by atoms with van der Waals surface area (Å²) in [6.45, 7) is 1.98. The molecule has 3 N–H and O–H groups in total. The van der Waals surface area contributed by atoms with Crippen LogP contribution in [-0.2, 0) is 4.74 Å². The van der Waals surface area contributed by atoms with Crippen LogP contribution in [0.2, 0.25) is 0 Å². The maximum Gasteiger partial charge on any atom is 0.103 e. The van der Waals surface area contributed by atoms with E-state index in [1.54, 1.807) is 0 Å². The Morgan fingerprint density at radius 1 is 0.783 bits per heavy atom. The summed E-state index contributed by atoms with van der Waals surface area (Å²) in [5.41, 5.74) is 0. The second kappa shape index (κ2) is 13.2. The first-order valence-corrected chi connectivity index (χ1v) is 9.81. The van der Waals surface area contributed by atoms with Crippen LogP contribution in [0.25, 0.3) is 0 Å². The molecular weight excluding hydrogens is 292 g/mol. The zero-order chi connectivity index (χ0) is 16.9. The van der Waals surface area contributed by atoms with E-state index >= 15 is 0 Å². The van der Waals surface area contributed by atoms with E-state index < -0.39 is 12.2 Å². The quantitative estimate of drug-likeness (QED) is 0.426. The lowest BCUT2D eigenvalue weighted by atomic mass is 10.0. The number of hydrogen-bond donors (Lipinski definition) is 3. The molecule has 0 aromatic rings. The van der Waals surface area contributed by atoms with Gasteiger partial charge in [-0.3, -0.25) is 0 Å². The molecule has 4 heteroatoms. The van der Waals surface area contributed by atoms with Gasteiger partial charge in [0, 0.05) is 0 Å². The third-order valence-electron chi connectivity index (χ3n) is 4.98. The molecule has 1 saturated heterocycles. The molecule has 0 aliphatic carbocycles. The summed E-state index contributed by atoms with van der Waals surface area (Å²) in [4.78, 5) is 0. The van der Waals surface area contributed by atoms with Crippen LogP contribution in [0.15, 0.2) is 0 Å². The van der Waals surface area contributed by atoms with Crippen LogP contribution in [0.5, 0.6) is 0 Å². The monoisotopic (exact) mass is 330 g/mol. The Bertz CT molecular complexity index is 272. The van der Waals surface area contributed by atoms with Crippen LogP contribution in [0.3, 0.4) is 0 Å². The fourth-order valence-electron chi connectivity index (χ4n) is 3.40. The summed E-state index contributed by atoms with van der Waals surface area (Å²) in [6.07, 6.45) is 13.5. The van der Waals surface area contributed by atoms with Crippen LogP contribution < -0.4 is 0 Å². The zero-order valence-corrected chi connectivity index (χ0v) is 15.0. The Hall–Kier alpha value is -0.160. The van der Waals surface area contributed by atoms with Gasteiger partial charge in [-0.05, 0) is 19.3 Å². The maximum atomic E-state index is 10.2. The Morgan fingerprint density at radius 3 is 1.78 bits per heavy atom. The molecule has 0 aromatic heterocycles. The lowest BCUT2D eigenvalue weighted by Gasteiger charge is -2.21. The van der Waals surface area contributed by atoms with Crippen LogP contribution in [0.4, 0.5) is 0 Å². The van der Waals surface area contributed by atoms with E-state index in [1.807, 2.05) is 0 Å². The molecule has 1 aliphatic heterocycles. The van der Waals surface area contributed by atoms with Crippen molar-refractivity contribution in [2.24, 2.45) is 0 Å². The number of aliphatic hydroxyl groups is 3. The first-order valence-electron chi connectivity index (χ1n) is 9.81. The number of hydrogen-bond acceptors (Lipinski definition) is 4. The minimum absolute atomic E-state index is 0.167. The van der Waals surface area contributed by atoms with E-state index in [0.29, 0.717) is 0 Å². The molecule has 0 amide bonds. The fraction of sp³-hybridized carbons (Fsp3) is 1.00. The van der Waals surface area contributed by atoms with Crippen molar-refractivity contribution in [2.75, 3.05) is 6.61 Å². The summed E-state index contributed by atoms with van der Waals surface area (Å²) in [5.74, 6) is 0. The third kappa shape index (κ3) is 9.04. The van der Waals surface area contributed by atoms with E-state index in [2.05, 4.69) is 6.92 Å². The molecule has 1 aliphatic rings. The Balaban J connectivity index is 1.93. The standard InChI is InChI=1S/C19H38O4/c1-2-3-4-5-6-7-8-9-10-11-12-16(21)18-13-14-19(23-18)17(22)15-20/h16-22H,2-15H2,1H3/t16-,17+,18+,19-/m0/s1. The van der Waals surface area contributed by atoms with E-state index in [4.69, 9.17) is 9.84 Å². The van der Waals surface area contributed by atoms with Crippen molar-refractivity contribution in [3.8, 4) is 0 Å². The lowest BCUT2D eigenvalue weighted by molar-refractivity contribution is -0.0873. The molecule has 1 heterocycles. The van der Waals surface area contributed by atoms with Crippen molar-refractivity contribution in [1.29, 1.82) is 0 Å². The summed E-state index contributed by atoms with van der Waals surface area (Å²) in [5, 5.41) is 28.7. The van der Waals surface area contributed by atoms with Gasteiger partial charge in [0.05, 0.1) is 24.9 Å². The van der Waals surface area contributed by atoms with Crippen LogP contribution in [-0.4, -0.2) is 46.3 Å². The fourth-order valence-corrected chi connectivity index (χ4v) is 3.40. The van der Waals surface area contributed by atoms with E-state index in [1.165, 1.54) is 57.8 Å². The number of ether oxygens (including phenoxy) is 1. The molecule has 0 radical (unpaired) electrons. The van der Waals surface area contributed by atoms with Gasteiger partial charge >= 0.3 is 0 Å². The normalized spacial score (nSPS) is 24.0. The summed E-state index contributed by atoms with van der Waals surface area (Å²) in [7, 11) is 0. The summed E-state index contributed by atoms with van der Waals surface area (Å²) >= 11 is 0. The van der Waals surface area contributed by atoms with Crippen molar-refractivity contribution in [2.45, 2.75) is 115 Å². The summed E-state index contributed by atoms with van der Waals surface area (Å²) in [6, 6.07) is 0. The van der Waals surface area contributed by atoms with E-state index in [-0.39, 0.29) is 18.8 Å². The average molecular weight is 331 g/mol. The minimum atomic E-state index is -0.815. The molecule has 0 saturated carbocycles. The highest BCUT2D eigenvalue weighted by Gasteiger charge is 2.33. The van der Waals surface area contributed by atoms with Gasteiger partial charge in [0.1, 0.15) is 6.10 Å². The van der Waals surface area contributed by atoms with Gasteiger partial charge in [0.2, 0.25) is 0 Å². The molecule has 23 heavy (non-hydrogen) atoms. The van der Waals surface area contributed by atoms with Gasteiger partial charge in [-0.2, -0.15) is 0 Å². The predicted molar refractivity (Wildman–Crippen MR) is 93.5 cm³/mol. The highest BCUT2D eigenvalue weighted by molar-refractivity contribution is 4.82. The Labute approximate surface area is 142 Å². The molecule has 0 spiro atoms. The second-order valence-electron chi connectivity index (χ2n) is 7.08. The van der Waals surface area contributed by atoms with Crippen molar-refractivity contribution in [3.63, 3.8) is 0 Å². The third-order valence-corrected chi connectivity index (χ3v) is 4.98. The highest BCUT2D eigenvalue weighted by Crippen LogP contribution is 2.26.